The van der Waals surface area contributed by atoms with Gasteiger partial charge in [0.25, 0.3) is 0 Å². The summed E-state index contributed by atoms with van der Waals surface area (Å²) in [4.78, 5) is 16.6. The molecule has 2 rings (SSSR count). The van der Waals surface area contributed by atoms with E-state index < -0.39 is 24.6 Å². The number of carbonyl (C=O) groups is 1. The minimum Gasteiger partial charge on any atom is -0.394 e. The van der Waals surface area contributed by atoms with Crippen molar-refractivity contribution in [2.45, 2.75) is 19.1 Å². The van der Waals surface area contributed by atoms with E-state index >= 15 is 0 Å². The Morgan fingerprint density at radius 3 is 2.62 bits per heavy atom. The second-order valence-corrected chi connectivity index (χ2v) is 5.68. The van der Waals surface area contributed by atoms with E-state index in [1.54, 1.807) is 20.2 Å². The van der Waals surface area contributed by atoms with Crippen molar-refractivity contribution in [1.82, 2.24) is 14.5 Å². The average Bonchev–Trinajstić information content (AvgIpc) is 2.90. The van der Waals surface area contributed by atoms with Gasteiger partial charge in [0.1, 0.15) is 0 Å². The molecule has 0 saturated carbocycles. The van der Waals surface area contributed by atoms with Crippen LogP contribution in [-0.2, 0) is 11.0 Å². The van der Waals surface area contributed by atoms with Gasteiger partial charge < -0.3 is 19.9 Å². The molecule has 0 fully saturated rings. The van der Waals surface area contributed by atoms with Crippen LogP contribution < -0.4 is 5.32 Å². The number of anilines is 1. The summed E-state index contributed by atoms with van der Waals surface area (Å²) >= 11 is 0. The second-order valence-electron chi connectivity index (χ2n) is 5.68. The molecule has 0 aliphatic rings. The van der Waals surface area contributed by atoms with Crippen LogP contribution in [0.1, 0.15) is 18.8 Å². The Hall–Kier alpha value is -2.29. The fourth-order valence-corrected chi connectivity index (χ4v) is 2.27. The molecule has 1 heterocycles. The van der Waals surface area contributed by atoms with Crippen LogP contribution in [0.3, 0.4) is 0 Å². The van der Waals surface area contributed by atoms with Crippen molar-refractivity contribution >= 4 is 22.6 Å². The number of benzene rings is 1. The summed E-state index contributed by atoms with van der Waals surface area (Å²) < 4.78 is 40.6. The average molecular weight is 344 g/mol. The van der Waals surface area contributed by atoms with Gasteiger partial charge in [-0.15, -0.1) is 0 Å². The highest BCUT2D eigenvalue weighted by Gasteiger charge is 2.38. The molecule has 0 bridgehead atoms. The molecule has 24 heavy (non-hydrogen) atoms. The lowest BCUT2D eigenvalue weighted by Gasteiger charge is -2.16. The quantitative estimate of drug-likeness (QED) is 0.872. The van der Waals surface area contributed by atoms with Crippen molar-refractivity contribution in [3.63, 3.8) is 0 Å². The molecule has 2 aromatic rings. The standard InChI is InChI=1S/C15H19F3N4O2/c1-9(8-23)22-12-5-4-10(19-7-13(24)21(2)3)6-11(12)20-14(22)15(16,17)18/h4-6,9,19,23H,7-8H2,1-3H3/t9-/m0/s1. The summed E-state index contributed by atoms with van der Waals surface area (Å²) in [5.74, 6) is -1.22. The van der Waals surface area contributed by atoms with Gasteiger partial charge in [-0.05, 0) is 25.1 Å². The number of nitrogens with zero attached hydrogens (tertiary/aromatic N) is 3. The Labute approximate surface area is 136 Å². The van der Waals surface area contributed by atoms with E-state index in [2.05, 4.69) is 10.3 Å². The number of rotatable bonds is 5. The Bertz CT molecular complexity index is 740. The monoisotopic (exact) mass is 344 g/mol. The summed E-state index contributed by atoms with van der Waals surface area (Å²) in [6.07, 6.45) is -4.63. The zero-order valence-corrected chi connectivity index (χ0v) is 13.6. The van der Waals surface area contributed by atoms with Gasteiger partial charge in [-0.2, -0.15) is 13.2 Å². The number of halogens is 3. The van der Waals surface area contributed by atoms with Crippen molar-refractivity contribution in [2.75, 3.05) is 32.6 Å². The SMILES string of the molecule is C[C@@H](CO)n1c(C(F)(F)F)nc2cc(NCC(=O)N(C)C)ccc21. The summed E-state index contributed by atoms with van der Waals surface area (Å²) in [6, 6.07) is 3.76. The third kappa shape index (κ3) is 3.61. The number of aliphatic hydroxyl groups excluding tert-OH is 1. The highest BCUT2D eigenvalue weighted by atomic mass is 19.4. The molecule has 0 unspecified atom stereocenters. The third-order valence-electron chi connectivity index (χ3n) is 3.59. The van der Waals surface area contributed by atoms with E-state index in [-0.39, 0.29) is 23.5 Å². The lowest BCUT2D eigenvalue weighted by molar-refractivity contribution is -0.147. The molecule has 0 radical (unpaired) electrons. The van der Waals surface area contributed by atoms with Crippen LogP contribution >= 0.6 is 0 Å². The summed E-state index contributed by atoms with van der Waals surface area (Å²) in [5.41, 5.74) is 0.908. The summed E-state index contributed by atoms with van der Waals surface area (Å²) in [5, 5.41) is 12.1. The van der Waals surface area contributed by atoms with E-state index in [1.165, 1.54) is 24.0 Å². The van der Waals surface area contributed by atoms with Crippen molar-refractivity contribution in [3.8, 4) is 0 Å². The van der Waals surface area contributed by atoms with Crippen LogP contribution in [0.5, 0.6) is 0 Å². The Balaban J connectivity index is 2.41. The normalized spacial score (nSPS) is 13.1. The first-order chi connectivity index (χ1) is 11.1. The third-order valence-corrected chi connectivity index (χ3v) is 3.59. The fourth-order valence-electron chi connectivity index (χ4n) is 2.27. The maximum atomic E-state index is 13.2. The lowest BCUT2D eigenvalue weighted by atomic mass is 10.2. The van der Waals surface area contributed by atoms with E-state index in [0.29, 0.717) is 5.69 Å². The number of aromatic nitrogens is 2. The number of fused-ring (bicyclic) bond motifs is 1. The van der Waals surface area contributed by atoms with E-state index in [1.807, 2.05) is 0 Å². The topological polar surface area (TPSA) is 70.4 Å². The van der Waals surface area contributed by atoms with Crippen molar-refractivity contribution in [2.24, 2.45) is 0 Å². The van der Waals surface area contributed by atoms with E-state index in [9.17, 15) is 23.1 Å². The van der Waals surface area contributed by atoms with Gasteiger partial charge in [-0.1, -0.05) is 0 Å². The van der Waals surface area contributed by atoms with Gasteiger partial charge in [-0.25, -0.2) is 4.98 Å². The van der Waals surface area contributed by atoms with Crippen LogP contribution in [0.4, 0.5) is 18.9 Å². The van der Waals surface area contributed by atoms with E-state index in [4.69, 9.17) is 0 Å². The molecule has 2 N–H and O–H groups in total. The minimum atomic E-state index is -4.63. The number of alkyl halides is 3. The first-order valence-electron chi connectivity index (χ1n) is 7.29. The maximum Gasteiger partial charge on any atom is 0.449 e. The van der Waals surface area contributed by atoms with Gasteiger partial charge in [0.05, 0.1) is 30.2 Å². The number of aliphatic hydroxyl groups is 1. The molecule has 1 amide bonds. The van der Waals surface area contributed by atoms with Crippen LogP contribution in [0.15, 0.2) is 18.2 Å². The number of imidazole rings is 1. The van der Waals surface area contributed by atoms with Gasteiger partial charge in [0.15, 0.2) is 0 Å². The summed E-state index contributed by atoms with van der Waals surface area (Å²) in [6.45, 7) is 1.07. The number of hydrogen-bond donors (Lipinski definition) is 2. The van der Waals surface area contributed by atoms with Gasteiger partial charge in [0, 0.05) is 19.8 Å². The number of hydrogen-bond acceptors (Lipinski definition) is 4. The number of amides is 1. The summed E-state index contributed by atoms with van der Waals surface area (Å²) in [7, 11) is 3.22. The molecular formula is C15H19F3N4O2. The lowest BCUT2D eigenvalue weighted by Crippen LogP contribution is -2.28. The zero-order chi connectivity index (χ0) is 18.1. The van der Waals surface area contributed by atoms with Crippen molar-refractivity contribution in [1.29, 1.82) is 0 Å². The first kappa shape index (κ1) is 18.1. The zero-order valence-electron chi connectivity index (χ0n) is 13.6. The van der Waals surface area contributed by atoms with E-state index in [0.717, 1.165) is 4.57 Å². The fraction of sp³-hybridized carbons (Fsp3) is 0.467. The minimum absolute atomic E-state index is 0.0262. The molecular weight excluding hydrogens is 325 g/mol. The molecule has 6 nitrogen and oxygen atoms in total. The van der Waals surface area contributed by atoms with Gasteiger partial charge >= 0.3 is 6.18 Å². The van der Waals surface area contributed by atoms with Crippen LogP contribution in [0.2, 0.25) is 0 Å². The molecule has 1 aromatic heterocycles. The molecule has 0 aliphatic carbocycles. The predicted octanol–water partition coefficient (Wildman–Crippen LogP) is 2.11. The number of nitrogens with one attached hydrogen (secondary N) is 1. The molecule has 1 atom stereocenters. The molecule has 1 aromatic carbocycles. The van der Waals surface area contributed by atoms with Crippen molar-refractivity contribution in [3.05, 3.63) is 24.0 Å². The smallest absolute Gasteiger partial charge is 0.394 e. The highest BCUT2D eigenvalue weighted by molar-refractivity contribution is 5.83. The molecule has 0 spiro atoms. The first-order valence-corrected chi connectivity index (χ1v) is 7.29. The van der Waals surface area contributed by atoms with Crippen LogP contribution in [-0.4, -0.2) is 52.7 Å². The highest BCUT2D eigenvalue weighted by Crippen LogP contribution is 2.34. The number of carbonyl (C=O) groups excluding carboxylic acids is 1. The van der Waals surface area contributed by atoms with Gasteiger partial charge in [-0.3, -0.25) is 4.79 Å². The second kappa shape index (κ2) is 6.68. The van der Waals surface area contributed by atoms with Crippen molar-refractivity contribution < 1.29 is 23.1 Å². The van der Waals surface area contributed by atoms with Gasteiger partial charge in [0.2, 0.25) is 11.7 Å². The molecule has 0 aliphatic heterocycles. The van der Waals surface area contributed by atoms with Crippen LogP contribution in [0, 0.1) is 0 Å². The Morgan fingerprint density at radius 1 is 1.42 bits per heavy atom. The largest absolute Gasteiger partial charge is 0.449 e. The molecule has 9 heteroatoms. The Morgan fingerprint density at radius 2 is 2.08 bits per heavy atom. The van der Waals surface area contributed by atoms with Crippen LogP contribution in [0.25, 0.3) is 11.0 Å². The Kier molecular flexibility index (Phi) is 5.02. The predicted molar refractivity (Wildman–Crippen MR) is 83.7 cm³/mol. The maximum absolute atomic E-state index is 13.2. The number of likely N-dealkylation sites (N-methyl/N-ethyl adjacent to an activating group) is 1. The molecule has 0 saturated heterocycles. The molecule has 132 valence electrons.